The summed E-state index contributed by atoms with van der Waals surface area (Å²) in [5, 5.41) is 0.0883. The molecule has 0 spiro atoms. The van der Waals surface area contributed by atoms with Gasteiger partial charge in [0.1, 0.15) is 5.82 Å². The van der Waals surface area contributed by atoms with Gasteiger partial charge in [-0.2, -0.15) is 0 Å². The Hall–Kier alpha value is -1.54. The van der Waals surface area contributed by atoms with Gasteiger partial charge in [-0.1, -0.05) is 30.3 Å². The molecule has 2 aromatic rings. The molecule has 1 heterocycles. The van der Waals surface area contributed by atoms with Crippen molar-refractivity contribution < 1.29 is 0 Å². The van der Waals surface area contributed by atoms with Crippen molar-refractivity contribution in [3.8, 4) is 0 Å². The van der Waals surface area contributed by atoms with Crippen LogP contribution in [0, 0.1) is 0 Å². The third-order valence-corrected chi connectivity index (χ3v) is 3.40. The maximum atomic E-state index is 6.37. The quantitative estimate of drug-likeness (QED) is 0.827. The maximum absolute atomic E-state index is 6.37. The lowest BCUT2D eigenvalue weighted by molar-refractivity contribution is 0.716. The number of nitrogens with two attached hydrogens (primary N) is 1. The van der Waals surface area contributed by atoms with E-state index < -0.39 is 0 Å². The molecule has 0 bridgehead atoms. The topological polar surface area (TPSA) is 38.9 Å². The van der Waals surface area contributed by atoms with Crippen LogP contribution >= 0.6 is 11.6 Å². The van der Waals surface area contributed by atoms with Gasteiger partial charge in [0.15, 0.2) is 0 Å². The van der Waals surface area contributed by atoms with Crippen molar-refractivity contribution in [2.24, 2.45) is 0 Å². The summed E-state index contributed by atoms with van der Waals surface area (Å²) in [5.41, 5.74) is 8.05. The number of anilines is 1. The minimum Gasteiger partial charge on any atom is -0.384 e. The van der Waals surface area contributed by atoms with E-state index in [-0.39, 0.29) is 5.38 Å². The number of alkyl halides is 1. The molecule has 2 rings (SSSR count). The monoisotopic (exact) mass is 260 g/mol. The summed E-state index contributed by atoms with van der Waals surface area (Å²) >= 11 is 6.37. The lowest BCUT2D eigenvalue weighted by Crippen LogP contribution is -1.95. The second-order valence-corrected chi connectivity index (χ2v) is 4.89. The minimum atomic E-state index is 0.0883. The van der Waals surface area contributed by atoms with Crippen LogP contribution in [0.3, 0.4) is 0 Å². The molecule has 2 nitrogen and oxygen atoms in total. The second-order valence-electron chi connectivity index (χ2n) is 4.36. The fraction of sp³-hybridized carbons (Fsp3) is 0.267. The van der Waals surface area contributed by atoms with Crippen LogP contribution in [-0.4, -0.2) is 4.98 Å². The van der Waals surface area contributed by atoms with Gasteiger partial charge in [0.25, 0.3) is 0 Å². The van der Waals surface area contributed by atoms with Gasteiger partial charge in [0, 0.05) is 6.20 Å². The molecule has 3 heteroatoms. The van der Waals surface area contributed by atoms with Crippen LogP contribution in [0.5, 0.6) is 0 Å². The van der Waals surface area contributed by atoms with Crippen molar-refractivity contribution in [2.75, 3.05) is 5.73 Å². The van der Waals surface area contributed by atoms with Crippen molar-refractivity contribution in [3.63, 3.8) is 0 Å². The average Bonchev–Trinajstić information content (AvgIpc) is 2.40. The molecule has 0 radical (unpaired) electrons. The number of hydrogen-bond donors (Lipinski definition) is 1. The fourth-order valence-corrected chi connectivity index (χ4v) is 2.26. The highest BCUT2D eigenvalue weighted by atomic mass is 35.5. The predicted octanol–water partition coefficient (Wildman–Crippen LogP) is 3.97. The van der Waals surface area contributed by atoms with Crippen LogP contribution in [0.15, 0.2) is 48.7 Å². The van der Waals surface area contributed by atoms with E-state index in [1.165, 1.54) is 11.1 Å². The van der Waals surface area contributed by atoms with Crippen molar-refractivity contribution in [1.29, 1.82) is 0 Å². The summed E-state index contributed by atoms with van der Waals surface area (Å²) in [4.78, 5) is 3.98. The van der Waals surface area contributed by atoms with E-state index in [4.69, 9.17) is 17.3 Å². The summed E-state index contributed by atoms with van der Waals surface area (Å²) in [7, 11) is 0. The summed E-state index contributed by atoms with van der Waals surface area (Å²) in [6, 6.07) is 14.1. The predicted molar refractivity (Wildman–Crippen MR) is 76.6 cm³/mol. The van der Waals surface area contributed by atoms with E-state index in [9.17, 15) is 0 Å². The largest absolute Gasteiger partial charge is 0.384 e. The number of benzene rings is 1. The van der Waals surface area contributed by atoms with Crippen LogP contribution < -0.4 is 5.73 Å². The molecule has 0 amide bonds. The number of rotatable bonds is 5. The Kier molecular flexibility index (Phi) is 4.59. The highest BCUT2D eigenvalue weighted by Gasteiger charge is 2.06. The first-order valence-electron chi connectivity index (χ1n) is 6.15. The first-order valence-corrected chi connectivity index (χ1v) is 6.59. The van der Waals surface area contributed by atoms with E-state index in [0.29, 0.717) is 5.82 Å². The Labute approximate surface area is 113 Å². The molecule has 1 aromatic carbocycles. The van der Waals surface area contributed by atoms with Gasteiger partial charge in [0.2, 0.25) is 0 Å². The van der Waals surface area contributed by atoms with Crippen LogP contribution in [0.4, 0.5) is 5.82 Å². The smallest absolute Gasteiger partial charge is 0.123 e. The molecule has 0 fully saturated rings. The molecule has 1 unspecified atom stereocenters. The first kappa shape index (κ1) is 12.9. The molecular weight excluding hydrogens is 244 g/mol. The van der Waals surface area contributed by atoms with E-state index in [0.717, 1.165) is 19.3 Å². The first-order chi connectivity index (χ1) is 8.75. The SMILES string of the molecule is Nc1cc(CCCC(Cl)c2ccccc2)ccn1. The molecule has 0 aliphatic heterocycles. The van der Waals surface area contributed by atoms with Gasteiger partial charge in [-0.05, 0) is 42.5 Å². The molecule has 0 saturated heterocycles. The van der Waals surface area contributed by atoms with Gasteiger partial charge in [-0.25, -0.2) is 4.98 Å². The van der Waals surface area contributed by atoms with Crippen molar-refractivity contribution in [2.45, 2.75) is 24.6 Å². The fourth-order valence-electron chi connectivity index (χ4n) is 1.96. The minimum absolute atomic E-state index is 0.0883. The van der Waals surface area contributed by atoms with E-state index in [2.05, 4.69) is 17.1 Å². The van der Waals surface area contributed by atoms with E-state index in [1.54, 1.807) is 6.20 Å². The van der Waals surface area contributed by atoms with Crippen LogP contribution in [0.2, 0.25) is 0 Å². The third-order valence-electron chi connectivity index (χ3n) is 2.93. The van der Waals surface area contributed by atoms with Crippen molar-refractivity contribution in [3.05, 3.63) is 59.8 Å². The van der Waals surface area contributed by atoms with Crippen LogP contribution in [-0.2, 0) is 6.42 Å². The molecule has 2 N–H and O–H groups in total. The molecule has 1 atom stereocenters. The molecule has 0 aliphatic rings. The number of nitrogens with zero attached hydrogens (tertiary/aromatic N) is 1. The van der Waals surface area contributed by atoms with Crippen LogP contribution in [0.1, 0.15) is 29.3 Å². The van der Waals surface area contributed by atoms with Gasteiger partial charge >= 0.3 is 0 Å². The summed E-state index contributed by atoms with van der Waals surface area (Å²) < 4.78 is 0. The molecule has 94 valence electrons. The summed E-state index contributed by atoms with van der Waals surface area (Å²) in [6.45, 7) is 0. The lowest BCUT2D eigenvalue weighted by Gasteiger charge is -2.09. The average molecular weight is 261 g/mol. The standard InChI is InChI=1S/C15H17ClN2/c16-14(13-6-2-1-3-7-13)8-4-5-12-9-10-18-15(17)11-12/h1-3,6-7,9-11,14H,4-5,8H2,(H2,17,18). The number of aryl methyl sites for hydroxylation is 1. The second kappa shape index (κ2) is 6.41. The van der Waals surface area contributed by atoms with Gasteiger partial charge in [-0.15, -0.1) is 11.6 Å². The maximum Gasteiger partial charge on any atom is 0.123 e. The van der Waals surface area contributed by atoms with Gasteiger partial charge in [0.05, 0.1) is 5.38 Å². The number of aromatic nitrogens is 1. The van der Waals surface area contributed by atoms with E-state index >= 15 is 0 Å². The third kappa shape index (κ3) is 3.74. The van der Waals surface area contributed by atoms with Gasteiger partial charge in [-0.3, -0.25) is 0 Å². The number of nitrogen functional groups attached to an aromatic ring is 1. The number of hydrogen-bond acceptors (Lipinski definition) is 2. The molecular formula is C15H17ClN2. The Morgan fingerprint density at radius 2 is 1.94 bits per heavy atom. The van der Waals surface area contributed by atoms with Crippen LogP contribution in [0.25, 0.3) is 0 Å². The normalized spacial score (nSPS) is 12.3. The highest BCUT2D eigenvalue weighted by Crippen LogP contribution is 2.26. The van der Waals surface area contributed by atoms with Crippen molar-refractivity contribution in [1.82, 2.24) is 4.98 Å². The Morgan fingerprint density at radius 3 is 2.67 bits per heavy atom. The zero-order valence-electron chi connectivity index (χ0n) is 10.2. The zero-order valence-corrected chi connectivity index (χ0v) is 11.0. The van der Waals surface area contributed by atoms with E-state index in [1.807, 2.05) is 30.3 Å². The zero-order chi connectivity index (χ0) is 12.8. The van der Waals surface area contributed by atoms with Gasteiger partial charge < -0.3 is 5.73 Å². The summed E-state index contributed by atoms with van der Waals surface area (Å²) in [6.07, 6.45) is 4.75. The molecule has 18 heavy (non-hydrogen) atoms. The lowest BCUT2D eigenvalue weighted by atomic mass is 10.0. The molecule has 1 aromatic heterocycles. The molecule has 0 saturated carbocycles. The van der Waals surface area contributed by atoms with Crippen molar-refractivity contribution >= 4 is 17.4 Å². The summed E-state index contributed by atoms with van der Waals surface area (Å²) in [5.74, 6) is 0.581. The molecule has 0 aliphatic carbocycles. The highest BCUT2D eigenvalue weighted by molar-refractivity contribution is 6.20. The Balaban J connectivity index is 1.82. The number of pyridine rings is 1. The Bertz CT molecular complexity index is 485. The number of halogens is 1. The Morgan fingerprint density at radius 1 is 1.17 bits per heavy atom.